The summed E-state index contributed by atoms with van der Waals surface area (Å²) < 4.78 is 12.7. The summed E-state index contributed by atoms with van der Waals surface area (Å²) in [6, 6.07) is 6.22. The Balaban J connectivity index is 1.93. The minimum atomic E-state index is -0.467. The standard InChI is InChI=1S/C13H14FNOS/c1-9-8-17-13(15-9)7-12(16)6-10-2-4-11(14)5-3-10/h2-5,8,12,16H,6-7H2,1H3. The van der Waals surface area contributed by atoms with E-state index in [1.807, 2.05) is 12.3 Å². The maximum absolute atomic E-state index is 12.7. The van der Waals surface area contributed by atoms with Crippen LogP contribution in [-0.4, -0.2) is 16.2 Å². The molecule has 17 heavy (non-hydrogen) atoms. The first-order valence-corrected chi connectivity index (χ1v) is 6.35. The van der Waals surface area contributed by atoms with Crippen molar-refractivity contribution in [3.8, 4) is 0 Å². The average molecular weight is 251 g/mol. The number of aromatic nitrogens is 1. The molecule has 0 aliphatic carbocycles. The lowest BCUT2D eigenvalue weighted by atomic mass is 10.1. The summed E-state index contributed by atoms with van der Waals surface area (Å²) in [6.07, 6.45) is 0.612. The second-order valence-electron chi connectivity index (χ2n) is 4.07. The van der Waals surface area contributed by atoms with Crippen LogP contribution in [-0.2, 0) is 12.8 Å². The third kappa shape index (κ3) is 3.61. The molecule has 0 bridgehead atoms. The van der Waals surface area contributed by atoms with Crippen LogP contribution in [0, 0.1) is 12.7 Å². The summed E-state index contributed by atoms with van der Waals surface area (Å²) in [6.45, 7) is 1.94. The first kappa shape index (κ1) is 12.2. The smallest absolute Gasteiger partial charge is 0.123 e. The van der Waals surface area contributed by atoms with E-state index in [0.29, 0.717) is 12.8 Å². The molecular formula is C13H14FNOS. The fourth-order valence-corrected chi connectivity index (χ4v) is 2.51. The van der Waals surface area contributed by atoms with E-state index in [-0.39, 0.29) is 5.82 Å². The molecule has 1 aromatic carbocycles. The van der Waals surface area contributed by atoms with Gasteiger partial charge in [-0.15, -0.1) is 11.3 Å². The Morgan fingerprint density at radius 3 is 2.59 bits per heavy atom. The molecule has 4 heteroatoms. The second kappa shape index (κ2) is 5.38. The van der Waals surface area contributed by atoms with Gasteiger partial charge in [-0.25, -0.2) is 9.37 Å². The number of halogens is 1. The van der Waals surface area contributed by atoms with E-state index >= 15 is 0 Å². The summed E-state index contributed by atoms with van der Waals surface area (Å²) in [4.78, 5) is 4.30. The van der Waals surface area contributed by atoms with E-state index in [9.17, 15) is 9.50 Å². The molecule has 1 N–H and O–H groups in total. The summed E-state index contributed by atoms with van der Waals surface area (Å²) in [5, 5.41) is 12.8. The number of nitrogens with zero attached hydrogens (tertiary/aromatic N) is 1. The van der Waals surface area contributed by atoms with Crippen LogP contribution in [0.3, 0.4) is 0 Å². The molecule has 0 saturated carbocycles. The molecule has 0 amide bonds. The number of benzene rings is 1. The molecule has 1 aromatic heterocycles. The van der Waals surface area contributed by atoms with Crippen LogP contribution >= 0.6 is 11.3 Å². The quantitative estimate of drug-likeness (QED) is 0.906. The highest BCUT2D eigenvalue weighted by molar-refractivity contribution is 7.09. The topological polar surface area (TPSA) is 33.1 Å². The number of rotatable bonds is 4. The van der Waals surface area contributed by atoms with Crippen molar-refractivity contribution in [2.75, 3.05) is 0 Å². The molecule has 0 fully saturated rings. The molecule has 2 rings (SSSR count). The predicted molar refractivity (Wildman–Crippen MR) is 66.7 cm³/mol. The second-order valence-corrected chi connectivity index (χ2v) is 5.01. The highest BCUT2D eigenvalue weighted by atomic mass is 32.1. The number of aliphatic hydroxyl groups excluding tert-OH is 1. The maximum atomic E-state index is 12.7. The van der Waals surface area contributed by atoms with Crippen molar-refractivity contribution in [2.45, 2.75) is 25.9 Å². The number of aryl methyl sites for hydroxylation is 1. The van der Waals surface area contributed by atoms with Gasteiger partial charge in [-0.05, 0) is 31.0 Å². The summed E-state index contributed by atoms with van der Waals surface area (Å²) in [5.74, 6) is -0.251. The van der Waals surface area contributed by atoms with Crippen molar-refractivity contribution in [3.05, 3.63) is 51.7 Å². The Hall–Kier alpha value is -1.26. The van der Waals surface area contributed by atoms with Crippen LogP contribution in [0.15, 0.2) is 29.6 Å². The Morgan fingerprint density at radius 2 is 2.00 bits per heavy atom. The van der Waals surface area contributed by atoms with Gasteiger partial charge in [-0.2, -0.15) is 0 Å². The zero-order chi connectivity index (χ0) is 12.3. The number of aliphatic hydroxyl groups is 1. The lowest BCUT2D eigenvalue weighted by Gasteiger charge is -2.08. The lowest BCUT2D eigenvalue weighted by Crippen LogP contribution is -2.13. The molecule has 0 radical (unpaired) electrons. The Morgan fingerprint density at radius 1 is 1.29 bits per heavy atom. The minimum Gasteiger partial charge on any atom is -0.392 e. The van der Waals surface area contributed by atoms with Crippen molar-refractivity contribution in [1.82, 2.24) is 4.98 Å². The fourth-order valence-electron chi connectivity index (χ4n) is 1.66. The largest absolute Gasteiger partial charge is 0.392 e. The zero-order valence-electron chi connectivity index (χ0n) is 9.56. The van der Waals surface area contributed by atoms with Gasteiger partial charge in [0, 0.05) is 17.5 Å². The molecule has 2 nitrogen and oxygen atoms in total. The molecular weight excluding hydrogens is 237 g/mol. The van der Waals surface area contributed by atoms with Gasteiger partial charge in [0.1, 0.15) is 5.82 Å². The number of thiazole rings is 1. The van der Waals surface area contributed by atoms with E-state index < -0.39 is 6.10 Å². The van der Waals surface area contributed by atoms with Crippen LogP contribution in [0.25, 0.3) is 0 Å². The van der Waals surface area contributed by atoms with Crippen LogP contribution in [0.5, 0.6) is 0 Å². The van der Waals surface area contributed by atoms with E-state index in [1.165, 1.54) is 12.1 Å². The Labute approximate surface area is 104 Å². The van der Waals surface area contributed by atoms with Gasteiger partial charge in [0.2, 0.25) is 0 Å². The number of hydrogen-bond acceptors (Lipinski definition) is 3. The van der Waals surface area contributed by atoms with E-state index in [1.54, 1.807) is 23.5 Å². The van der Waals surface area contributed by atoms with Crippen molar-refractivity contribution >= 4 is 11.3 Å². The molecule has 1 atom stereocenters. The average Bonchev–Trinajstić information content (AvgIpc) is 2.67. The zero-order valence-corrected chi connectivity index (χ0v) is 10.4. The van der Waals surface area contributed by atoms with E-state index in [0.717, 1.165) is 16.3 Å². The van der Waals surface area contributed by atoms with Gasteiger partial charge < -0.3 is 5.11 Å². The molecule has 0 aliphatic rings. The molecule has 2 aromatic rings. The molecule has 0 saturated heterocycles. The first-order chi connectivity index (χ1) is 8.13. The van der Waals surface area contributed by atoms with Crippen molar-refractivity contribution < 1.29 is 9.50 Å². The highest BCUT2D eigenvalue weighted by Crippen LogP contribution is 2.13. The third-order valence-corrected chi connectivity index (χ3v) is 3.45. The first-order valence-electron chi connectivity index (χ1n) is 5.47. The van der Waals surface area contributed by atoms with Crippen LogP contribution in [0.4, 0.5) is 4.39 Å². The van der Waals surface area contributed by atoms with Gasteiger partial charge in [0.25, 0.3) is 0 Å². The predicted octanol–water partition coefficient (Wildman–Crippen LogP) is 2.74. The Bertz CT molecular complexity index is 480. The molecule has 1 heterocycles. The number of hydrogen-bond donors (Lipinski definition) is 1. The maximum Gasteiger partial charge on any atom is 0.123 e. The van der Waals surface area contributed by atoms with Crippen LogP contribution in [0.2, 0.25) is 0 Å². The van der Waals surface area contributed by atoms with Crippen LogP contribution in [0.1, 0.15) is 16.3 Å². The van der Waals surface area contributed by atoms with E-state index in [4.69, 9.17) is 0 Å². The van der Waals surface area contributed by atoms with Gasteiger partial charge in [-0.1, -0.05) is 12.1 Å². The Kier molecular flexibility index (Phi) is 3.86. The van der Waals surface area contributed by atoms with Crippen molar-refractivity contribution in [1.29, 1.82) is 0 Å². The molecule has 1 unspecified atom stereocenters. The van der Waals surface area contributed by atoms with Gasteiger partial charge in [0.05, 0.1) is 11.1 Å². The third-order valence-electron chi connectivity index (χ3n) is 2.46. The molecule has 0 spiro atoms. The highest BCUT2D eigenvalue weighted by Gasteiger charge is 2.09. The monoisotopic (exact) mass is 251 g/mol. The van der Waals surface area contributed by atoms with Gasteiger partial charge in [-0.3, -0.25) is 0 Å². The molecule has 90 valence electrons. The SMILES string of the molecule is Cc1csc(CC(O)Cc2ccc(F)cc2)n1. The van der Waals surface area contributed by atoms with Crippen molar-refractivity contribution in [2.24, 2.45) is 0 Å². The van der Waals surface area contributed by atoms with Crippen LogP contribution < -0.4 is 0 Å². The lowest BCUT2D eigenvalue weighted by molar-refractivity contribution is 0.175. The normalized spacial score (nSPS) is 12.6. The van der Waals surface area contributed by atoms with Crippen molar-refractivity contribution in [3.63, 3.8) is 0 Å². The van der Waals surface area contributed by atoms with E-state index in [2.05, 4.69) is 4.98 Å². The summed E-state index contributed by atoms with van der Waals surface area (Å²) in [5.41, 5.74) is 1.92. The minimum absolute atomic E-state index is 0.251. The molecule has 0 aliphatic heterocycles. The van der Waals surface area contributed by atoms with Gasteiger partial charge >= 0.3 is 0 Å². The summed E-state index contributed by atoms with van der Waals surface area (Å²) >= 11 is 1.56. The fraction of sp³-hybridized carbons (Fsp3) is 0.308. The van der Waals surface area contributed by atoms with Gasteiger partial charge in [0.15, 0.2) is 0 Å². The summed E-state index contributed by atoms with van der Waals surface area (Å²) in [7, 11) is 0.